The monoisotopic (exact) mass is 279 g/mol. The lowest BCUT2D eigenvalue weighted by Crippen LogP contribution is -2.25. The summed E-state index contributed by atoms with van der Waals surface area (Å²) >= 11 is 0. The Morgan fingerprint density at radius 3 is 2.80 bits per heavy atom. The van der Waals surface area contributed by atoms with Crippen molar-refractivity contribution in [3.05, 3.63) is 23.2 Å². The summed E-state index contributed by atoms with van der Waals surface area (Å²) < 4.78 is 11.9. The average molecular weight is 279 g/mol. The van der Waals surface area contributed by atoms with Gasteiger partial charge in [0.2, 0.25) is 0 Å². The topological polar surface area (TPSA) is 34.4 Å². The highest BCUT2D eigenvalue weighted by Gasteiger charge is 2.22. The van der Waals surface area contributed by atoms with Crippen molar-refractivity contribution in [3.63, 3.8) is 0 Å². The Balaban J connectivity index is 1.85. The molecule has 2 unspecified atom stereocenters. The maximum atomic E-state index is 6.06. The van der Waals surface area contributed by atoms with Crippen molar-refractivity contribution in [3.8, 4) is 0 Å². The van der Waals surface area contributed by atoms with E-state index in [1.165, 1.54) is 31.2 Å². The number of rotatable bonds is 6. The standard InChI is InChI=1S/C17H29NO2/c1-12(2)18-10-15-9-16(20-14(15)4)11-19-17-8-6-5-7-13(17)3/h9,12-13,17-18H,5-8,10-11H2,1-4H3. The van der Waals surface area contributed by atoms with Crippen LogP contribution in [0, 0.1) is 12.8 Å². The van der Waals surface area contributed by atoms with Crippen molar-refractivity contribution in [2.75, 3.05) is 0 Å². The van der Waals surface area contributed by atoms with E-state index in [1.54, 1.807) is 0 Å². The Morgan fingerprint density at radius 1 is 1.35 bits per heavy atom. The molecule has 0 saturated heterocycles. The Labute approximate surface area is 123 Å². The number of aryl methyl sites for hydroxylation is 1. The van der Waals surface area contributed by atoms with Gasteiger partial charge in [-0.05, 0) is 31.7 Å². The van der Waals surface area contributed by atoms with Crippen LogP contribution in [-0.4, -0.2) is 12.1 Å². The van der Waals surface area contributed by atoms with Crippen LogP contribution in [0.5, 0.6) is 0 Å². The normalized spacial score (nSPS) is 23.4. The number of ether oxygens (including phenoxy) is 1. The third-order valence-electron chi connectivity index (χ3n) is 4.24. The predicted molar refractivity (Wildman–Crippen MR) is 81.6 cm³/mol. The van der Waals surface area contributed by atoms with Crippen LogP contribution in [-0.2, 0) is 17.9 Å². The van der Waals surface area contributed by atoms with Crippen LogP contribution in [0.25, 0.3) is 0 Å². The Hall–Kier alpha value is -0.800. The van der Waals surface area contributed by atoms with Crippen molar-refractivity contribution < 1.29 is 9.15 Å². The molecule has 0 aliphatic heterocycles. The highest BCUT2D eigenvalue weighted by molar-refractivity contribution is 5.20. The maximum Gasteiger partial charge on any atom is 0.130 e. The molecule has 1 fully saturated rings. The van der Waals surface area contributed by atoms with Crippen LogP contribution < -0.4 is 5.32 Å². The van der Waals surface area contributed by atoms with Gasteiger partial charge in [0, 0.05) is 18.2 Å². The zero-order valence-corrected chi connectivity index (χ0v) is 13.4. The zero-order valence-electron chi connectivity index (χ0n) is 13.4. The van der Waals surface area contributed by atoms with E-state index in [4.69, 9.17) is 9.15 Å². The van der Waals surface area contributed by atoms with Gasteiger partial charge in [0.1, 0.15) is 18.1 Å². The molecule has 114 valence electrons. The van der Waals surface area contributed by atoms with Crippen molar-refractivity contribution in [1.29, 1.82) is 0 Å². The molecular weight excluding hydrogens is 250 g/mol. The molecule has 1 aromatic heterocycles. The van der Waals surface area contributed by atoms with Gasteiger partial charge in [0.25, 0.3) is 0 Å². The molecule has 2 atom stereocenters. The molecule has 2 rings (SSSR count). The predicted octanol–water partition coefficient (Wildman–Crippen LogP) is 4.18. The Bertz CT molecular complexity index is 411. The third-order valence-corrected chi connectivity index (χ3v) is 4.24. The SMILES string of the molecule is Cc1oc(COC2CCCCC2C)cc1CNC(C)C. The van der Waals surface area contributed by atoms with Gasteiger partial charge in [-0.15, -0.1) is 0 Å². The fraction of sp³-hybridized carbons (Fsp3) is 0.765. The van der Waals surface area contributed by atoms with E-state index < -0.39 is 0 Å². The Kier molecular flexibility index (Phi) is 5.67. The number of hydrogen-bond acceptors (Lipinski definition) is 3. The second kappa shape index (κ2) is 7.28. The lowest BCUT2D eigenvalue weighted by molar-refractivity contribution is -0.0221. The average Bonchev–Trinajstić information content (AvgIpc) is 2.76. The summed E-state index contributed by atoms with van der Waals surface area (Å²) in [6.45, 7) is 10.1. The fourth-order valence-electron chi connectivity index (χ4n) is 2.87. The van der Waals surface area contributed by atoms with E-state index in [2.05, 4.69) is 32.2 Å². The largest absolute Gasteiger partial charge is 0.464 e. The van der Waals surface area contributed by atoms with E-state index in [9.17, 15) is 0 Å². The summed E-state index contributed by atoms with van der Waals surface area (Å²) in [5.41, 5.74) is 1.24. The lowest BCUT2D eigenvalue weighted by atomic mass is 9.88. The summed E-state index contributed by atoms with van der Waals surface area (Å²) in [5.74, 6) is 2.65. The number of hydrogen-bond donors (Lipinski definition) is 1. The van der Waals surface area contributed by atoms with Crippen molar-refractivity contribution in [2.45, 2.75) is 78.7 Å². The molecule has 3 heteroatoms. The van der Waals surface area contributed by atoms with Gasteiger partial charge in [-0.25, -0.2) is 0 Å². The summed E-state index contributed by atoms with van der Waals surface area (Å²) in [4.78, 5) is 0. The van der Waals surface area contributed by atoms with Gasteiger partial charge in [-0.2, -0.15) is 0 Å². The minimum absolute atomic E-state index is 0.409. The molecular formula is C17H29NO2. The molecule has 1 saturated carbocycles. The van der Waals surface area contributed by atoms with E-state index in [1.807, 2.05) is 6.92 Å². The lowest BCUT2D eigenvalue weighted by Gasteiger charge is -2.28. The van der Waals surface area contributed by atoms with Gasteiger partial charge in [-0.1, -0.05) is 33.6 Å². The quantitative estimate of drug-likeness (QED) is 0.848. The van der Waals surface area contributed by atoms with Crippen LogP contribution in [0.15, 0.2) is 10.5 Å². The smallest absolute Gasteiger partial charge is 0.130 e. The van der Waals surface area contributed by atoms with Gasteiger partial charge in [-0.3, -0.25) is 0 Å². The molecule has 1 aliphatic carbocycles. The van der Waals surface area contributed by atoms with E-state index in [0.717, 1.165) is 18.1 Å². The van der Waals surface area contributed by atoms with Gasteiger partial charge in [0.15, 0.2) is 0 Å². The van der Waals surface area contributed by atoms with E-state index in [-0.39, 0.29) is 0 Å². The van der Waals surface area contributed by atoms with Crippen LogP contribution >= 0.6 is 0 Å². The van der Waals surface area contributed by atoms with Gasteiger partial charge >= 0.3 is 0 Å². The first-order valence-corrected chi connectivity index (χ1v) is 7.99. The van der Waals surface area contributed by atoms with Crippen molar-refractivity contribution in [2.24, 2.45) is 5.92 Å². The molecule has 1 aromatic rings. The summed E-state index contributed by atoms with van der Waals surface area (Å²) in [5, 5.41) is 3.43. The van der Waals surface area contributed by atoms with Crippen molar-refractivity contribution in [1.82, 2.24) is 5.32 Å². The highest BCUT2D eigenvalue weighted by Crippen LogP contribution is 2.27. The van der Waals surface area contributed by atoms with Crippen LogP contribution in [0.2, 0.25) is 0 Å². The zero-order chi connectivity index (χ0) is 14.5. The molecule has 1 aliphatic rings. The first kappa shape index (κ1) is 15.6. The molecule has 0 amide bonds. The molecule has 1 heterocycles. The number of nitrogens with one attached hydrogen (secondary N) is 1. The second-order valence-electron chi connectivity index (χ2n) is 6.44. The second-order valence-corrected chi connectivity index (χ2v) is 6.44. The third kappa shape index (κ3) is 4.35. The van der Waals surface area contributed by atoms with Crippen molar-refractivity contribution >= 4 is 0 Å². The van der Waals surface area contributed by atoms with Gasteiger partial charge in [0.05, 0.1) is 6.10 Å². The highest BCUT2D eigenvalue weighted by atomic mass is 16.5. The molecule has 0 aromatic carbocycles. The molecule has 0 radical (unpaired) electrons. The minimum Gasteiger partial charge on any atom is -0.464 e. The first-order valence-electron chi connectivity index (χ1n) is 7.99. The molecule has 20 heavy (non-hydrogen) atoms. The summed E-state index contributed by atoms with van der Waals surface area (Å²) in [6.07, 6.45) is 5.56. The van der Waals surface area contributed by atoms with Crippen LogP contribution in [0.1, 0.15) is 63.5 Å². The van der Waals surface area contributed by atoms with Gasteiger partial charge < -0.3 is 14.5 Å². The molecule has 0 bridgehead atoms. The fourth-order valence-corrected chi connectivity index (χ4v) is 2.87. The molecule has 3 nitrogen and oxygen atoms in total. The number of furan rings is 1. The maximum absolute atomic E-state index is 6.06. The van der Waals surface area contributed by atoms with Crippen LogP contribution in [0.4, 0.5) is 0 Å². The summed E-state index contributed by atoms with van der Waals surface area (Å²) in [6, 6.07) is 2.63. The Morgan fingerprint density at radius 2 is 2.10 bits per heavy atom. The first-order chi connectivity index (χ1) is 9.56. The molecule has 0 spiro atoms. The van der Waals surface area contributed by atoms with E-state index >= 15 is 0 Å². The summed E-state index contributed by atoms with van der Waals surface area (Å²) in [7, 11) is 0. The molecule has 1 N–H and O–H groups in total. The van der Waals surface area contributed by atoms with E-state index in [0.29, 0.717) is 24.7 Å². The van der Waals surface area contributed by atoms with Crippen LogP contribution in [0.3, 0.4) is 0 Å². The minimum atomic E-state index is 0.409.